The smallest absolute Gasteiger partial charge is 0.338 e. The van der Waals surface area contributed by atoms with Crippen LogP contribution in [0.1, 0.15) is 25.5 Å². The van der Waals surface area contributed by atoms with Crippen molar-refractivity contribution in [2.45, 2.75) is 19.9 Å². The van der Waals surface area contributed by atoms with Crippen molar-refractivity contribution in [3.05, 3.63) is 41.1 Å². The van der Waals surface area contributed by atoms with Gasteiger partial charge in [-0.3, -0.25) is 4.90 Å². The molecule has 1 aromatic carbocycles. The maximum atomic E-state index is 12.3. The highest BCUT2D eigenvalue weighted by Gasteiger charge is 2.36. The summed E-state index contributed by atoms with van der Waals surface area (Å²) in [6.45, 7) is 3.43. The number of allylic oxidation sites excluding steroid dienone is 1. The highest BCUT2D eigenvalue weighted by molar-refractivity contribution is 5.95. The summed E-state index contributed by atoms with van der Waals surface area (Å²) in [5.74, 6) is -0.429. The number of nitrogens with zero attached hydrogens (tertiary/aromatic N) is 1. The molecule has 0 saturated carbocycles. The molecule has 1 atom stereocenters. The second-order valence-corrected chi connectivity index (χ2v) is 5.07. The molecule has 2 amide bonds. The fourth-order valence-electron chi connectivity index (χ4n) is 2.54. The van der Waals surface area contributed by atoms with E-state index in [9.17, 15) is 14.7 Å². The fraction of sp³-hybridized carbons (Fsp3) is 0.375. The lowest BCUT2D eigenvalue weighted by Crippen LogP contribution is -2.48. The van der Waals surface area contributed by atoms with Crippen molar-refractivity contribution < 1.29 is 24.5 Å². The van der Waals surface area contributed by atoms with E-state index in [-0.39, 0.29) is 25.5 Å². The minimum Gasteiger partial charge on any atom is -0.508 e. The molecule has 0 aliphatic carbocycles. The van der Waals surface area contributed by atoms with Crippen LogP contribution >= 0.6 is 0 Å². The first-order valence-corrected chi connectivity index (χ1v) is 7.35. The number of ether oxygens (including phenoxy) is 1. The average Bonchev–Trinajstić information content (AvgIpc) is 2.51. The van der Waals surface area contributed by atoms with Crippen molar-refractivity contribution in [1.29, 1.82) is 0 Å². The van der Waals surface area contributed by atoms with Gasteiger partial charge in [0.1, 0.15) is 5.75 Å². The number of carbonyl (C=O) groups is 2. The van der Waals surface area contributed by atoms with Crippen LogP contribution < -0.4 is 5.32 Å². The molecule has 124 valence electrons. The minimum atomic E-state index is -0.669. The molecular weight excluding hydrogens is 300 g/mol. The molecule has 2 rings (SSSR count). The number of phenolic OH excluding ortho intramolecular Hbond substituents is 1. The summed E-state index contributed by atoms with van der Waals surface area (Å²) in [6.07, 6.45) is 0. The largest absolute Gasteiger partial charge is 0.508 e. The van der Waals surface area contributed by atoms with Crippen LogP contribution in [0.2, 0.25) is 0 Å². The lowest BCUT2D eigenvalue weighted by molar-refractivity contribution is -0.139. The Bertz CT molecular complexity index is 624. The molecule has 0 aromatic heterocycles. The van der Waals surface area contributed by atoms with Crippen LogP contribution in [-0.4, -0.2) is 46.9 Å². The SMILES string of the molecule is CCOC(=O)C1=C(C)N(CCO)C(=O)N[C@H]1c1ccc(O)cc1. The highest BCUT2D eigenvalue weighted by atomic mass is 16.5. The number of benzene rings is 1. The maximum Gasteiger partial charge on any atom is 0.338 e. The first-order chi connectivity index (χ1) is 11.0. The van der Waals surface area contributed by atoms with Crippen LogP contribution in [0.3, 0.4) is 0 Å². The van der Waals surface area contributed by atoms with Crippen molar-refractivity contribution in [1.82, 2.24) is 10.2 Å². The third kappa shape index (κ3) is 3.45. The molecule has 0 saturated heterocycles. The molecule has 7 nitrogen and oxygen atoms in total. The van der Waals surface area contributed by atoms with Crippen LogP contribution in [0, 0.1) is 0 Å². The van der Waals surface area contributed by atoms with Gasteiger partial charge in [0.2, 0.25) is 0 Å². The highest BCUT2D eigenvalue weighted by Crippen LogP contribution is 2.31. The Morgan fingerprint density at radius 3 is 2.57 bits per heavy atom. The Balaban J connectivity index is 2.48. The van der Waals surface area contributed by atoms with E-state index >= 15 is 0 Å². The predicted octanol–water partition coefficient (Wildman–Crippen LogP) is 1.29. The summed E-state index contributed by atoms with van der Waals surface area (Å²) < 4.78 is 5.10. The number of urea groups is 1. The van der Waals surface area contributed by atoms with Crippen LogP contribution in [0.5, 0.6) is 5.75 Å². The lowest BCUT2D eigenvalue weighted by Gasteiger charge is -2.35. The number of rotatable bonds is 5. The van der Waals surface area contributed by atoms with E-state index in [0.29, 0.717) is 16.8 Å². The van der Waals surface area contributed by atoms with Gasteiger partial charge in [0.05, 0.1) is 31.4 Å². The van der Waals surface area contributed by atoms with Crippen molar-refractivity contribution in [3.63, 3.8) is 0 Å². The van der Waals surface area contributed by atoms with Gasteiger partial charge in [0, 0.05) is 5.70 Å². The molecule has 0 unspecified atom stereocenters. The number of β-amino-alcohol motifs (C(OH)–C–C–N with tert-alkyl or cyclic N) is 1. The Morgan fingerprint density at radius 1 is 1.35 bits per heavy atom. The van der Waals surface area contributed by atoms with Gasteiger partial charge in [-0.05, 0) is 31.5 Å². The summed E-state index contributed by atoms with van der Waals surface area (Å²) in [5, 5.41) is 21.3. The third-order valence-electron chi connectivity index (χ3n) is 3.64. The number of carbonyl (C=O) groups excluding carboxylic acids is 2. The molecule has 1 aliphatic heterocycles. The number of hydrogen-bond acceptors (Lipinski definition) is 5. The standard InChI is InChI=1S/C16H20N2O5/c1-3-23-15(21)13-10(2)18(8-9-19)16(22)17-14(13)11-4-6-12(20)7-5-11/h4-7,14,19-20H,3,8-9H2,1-2H3,(H,17,22)/t14-/m0/s1. The van der Waals surface area contributed by atoms with Crippen LogP contribution in [0.25, 0.3) is 0 Å². The van der Waals surface area contributed by atoms with Gasteiger partial charge in [-0.1, -0.05) is 12.1 Å². The Kier molecular flexibility index (Phi) is 5.23. The molecule has 7 heteroatoms. The number of phenols is 1. The minimum absolute atomic E-state index is 0.0862. The Labute approximate surface area is 134 Å². The Hall–Kier alpha value is -2.54. The van der Waals surface area contributed by atoms with Crippen molar-refractivity contribution in [2.75, 3.05) is 19.8 Å². The van der Waals surface area contributed by atoms with E-state index < -0.39 is 18.0 Å². The summed E-state index contributed by atoms with van der Waals surface area (Å²) in [7, 11) is 0. The number of aliphatic hydroxyl groups is 1. The molecule has 3 N–H and O–H groups in total. The topological polar surface area (TPSA) is 99.1 Å². The summed E-state index contributed by atoms with van der Waals surface area (Å²) >= 11 is 0. The van der Waals surface area contributed by atoms with Gasteiger partial charge in [-0.25, -0.2) is 9.59 Å². The van der Waals surface area contributed by atoms with Gasteiger partial charge in [0.25, 0.3) is 0 Å². The number of hydrogen-bond donors (Lipinski definition) is 3. The number of amides is 2. The summed E-state index contributed by atoms with van der Waals surface area (Å²) in [4.78, 5) is 25.9. The molecule has 1 aromatic rings. The first-order valence-electron chi connectivity index (χ1n) is 7.35. The van der Waals surface area contributed by atoms with E-state index in [0.717, 1.165) is 0 Å². The van der Waals surface area contributed by atoms with Crippen molar-refractivity contribution in [3.8, 4) is 5.75 Å². The summed E-state index contributed by atoms with van der Waals surface area (Å²) in [5.41, 5.74) is 1.41. The van der Waals surface area contributed by atoms with Crippen molar-refractivity contribution >= 4 is 12.0 Å². The Morgan fingerprint density at radius 2 is 2.00 bits per heavy atom. The third-order valence-corrected chi connectivity index (χ3v) is 3.64. The van der Waals surface area contributed by atoms with Crippen molar-refractivity contribution in [2.24, 2.45) is 0 Å². The predicted molar refractivity (Wildman–Crippen MR) is 82.5 cm³/mol. The molecule has 0 bridgehead atoms. The number of aromatic hydroxyl groups is 1. The first kappa shape index (κ1) is 16.8. The van der Waals surface area contributed by atoms with E-state index in [4.69, 9.17) is 9.84 Å². The molecule has 0 fully saturated rings. The molecule has 1 aliphatic rings. The van der Waals surface area contributed by atoms with E-state index in [1.807, 2.05) is 0 Å². The van der Waals surface area contributed by atoms with E-state index in [2.05, 4.69) is 5.32 Å². The van der Waals surface area contributed by atoms with Crippen LogP contribution in [0.15, 0.2) is 35.5 Å². The molecule has 1 heterocycles. The van der Waals surface area contributed by atoms with Gasteiger partial charge in [-0.2, -0.15) is 0 Å². The zero-order valence-electron chi connectivity index (χ0n) is 13.1. The monoisotopic (exact) mass is 320 g/mol. The maximum absolute atomic E-state index is 12.3. The van der Waals surface area contributed by atoms with E-state index in [1.165, 1.54) is 17.0 Å². The molecule has 23 heavy (non-hydrogen) atoms. The number of esters is 1. The zero-order chi connectivity index (χ0) is 17.0. The molecule has 0 radical (unpaired) electrons. The van der Waals surface area contributed by atoms with Crippen LogP contribution in [0.4, 0.5) is 4.79 Å². The fourth-order valence-corrected chi connectivity index (χ4v) is 2.54. The van der Waals surface area contributed by atoms with Crippen LogP contribution in [-0.2, 0) is 9.53 Å². The normalized spacial score (nSPS) is 18.0. The average molecular weight is 320 g/mol. The van der Waals surface area contributed by atoms with Gasteiger partial charge < -0.3 is 20.3 Å². The van der Waals surface area contributed by atoms with Gasteiger partial charge >= 0.3 is 12.0 Å². The lowest BCUT2D eigenvalue weighted by atomic mass is 9.95. The number of nitrogens with one attached hydrogen (secondary N) is 1. The quantitative estimate of drug-likeness (QED) is 0.710. The molecular formula is C16H20N2O5. The second-order valence-electron chi connectivity index (χ2n) is 5.07. The molecule has 0 spiro atoms. The number of aliphatic hydroxyl groups excluding tert-OH is 1. The van der Waals surface area contributed by atoms with E-state index in [1.54, 1.807) is 26.0 Å². The van der Waals surface area contributed by atoms with Gasteiger partial charge in [0.15, 0.2) is 0 Å². The van der Waals surface area contributed by atoms with Gasteiger partial charge in [-0.15, -0.1) is 0 Å². The summed E-state index contributed by atoms with van der Waals surface area (Å²) in [6, 6.07) is 5.17. The zero-order valence-corrected chi connectivity index (χ0v) is 13.1. The second kappa shape index (κ2) is 7.15.